The number of aldehydes is 1. The van der Waals surface area contributed by atoms with Gasteiger partial charge in [-0.3, -0.25) is 4.55 Å². The first-order valence-corrected chi connectivity index (χ1v) is 3.45. The number of hydrogen-bond acceptors (Lipinski definition) is 4. The topological polar surface area (TPSA) is 97.5 Å². The summed E-state index contributed by atoms with van der Waals surface area (Å²) in [6.45, 7) is -0.470. The minimum absolute atomic E-state index is 0.00926. The van der Waals surface area contributed by atoms with Crippen molar-refractivity contribution in [3.8, 4) is 0 Å². The first-order valence-electron chi connectivity index (χ1n) is 2.01. The molecule has 0 aliphatic carbocycles. The molecule has 0 bridgehead atoms. The lowest BCUT2D eigenvalue weighted by molar-refractivity contribution is -0.105. The molecule has 1 radical (unpaired) electrons. The molecule has 0 saturated carbocycles. The zero-order valence-corrected chi connectivity index (χ0v) is 5.26. The summed E-state index contributed by atoms with van der Waals surface area (Å²) < 4.78 is 28.1. The predicted octanol–water partition coefficient (Wildman–Crippen LogP) is -1.44. The Hall–Kier alpha value is -0.460. The van der Waals surface area contributed by atoms with Crippen LogP contribution in [0.3, 0.4) is 0 Å². The Bertz CT molecular complexity index is 184. The summed E-state index contributed by atoms with van der Waals surface area (Å²) in [4.78, 5) is 9.73. The fourth-order valence-electron chi connectivity index (χ4n) is 0.214. The van der Waals surface area contributed by atoms with E-state index in [0.29, 0.717) is 0 Å². The van der Waals surface area contributed by atoms with Gasteiger partial charge >= 0.3 is 0 Å². The molecule has 0 aromatic rings. The monoisotopic (exact) mass is 152 g/mol. The molecule has 0 unspecified atom stereocenters. The van der Waals surface area contributed by atoms with E-state index in [4.69, 9.17) is 10.3 Å². The standard InChI is InChI=1S/C3H6NO4S/c4-1-3(2-5)9(6,7)8/h2H,1,4H2,(H,6,7,8). The molecule has 0 rings (SSSR count). The van der Waals surface area contributed by atoms with Gasteiger partial charge in [-0.25, -0.2) is 0 Å². The number of nitrogens with two attached hydrogens (primary N) is 1. The van der Waals surface area contributed by atoms with Crippen molar-refractivity contribution in [3.05, 3.63) is 5.25 Å². The predicted molar refractivity (Wildman–Crippen MR) is 29.9 cm³/mol. The van der Waals surface area contributed by atoms with Crippen LogP contribution in [0.4, 0.5) is 0 Å². The van der Waals surface area contributed by atoms with Gasteiger partial charge in [0.25, 0.3) is 10.1 Å². The second-order valence-corrected chi connectivity index (χ2v) is 2.74. The quantitative estimate of drug-likeness (QED) is 0.381. The summed E-state index contributed by atoms with van der Waals surface area (Å²) in [5, 5.41) is -0.706. The molecule has 0 aromatic carbocycles. The average Bonchev–Trinajstić information content (AvgIpc) is 1.65. The van der Waals surface area contributed by atoms with Crippen LogP contribution in [-0.2, 0) is 14.9 Å². The van der Waals surface area contributed by atoms with Gasteiger partial charge in [-0.15, -0.1) is 0 Å². The third-order valence-electron chi connectivity index (χ3n) is 0.664. The summed E-state index contributed by atoms with van der Waals surface area (Å²) in [5.74, 6) is 0. The van der Waals surface area contributed by atoms with Crippen LogP contribution in [0.15, 0.2) is 0 Å². The molecule has 0 aliphatic heterocycles. The van der Waals surface area contributed by atoms with E-state index in [1.54, 1.807) is 0 Å². The summed E-state index contributed by atoms with van der Waals surface area (Å²) >= 11 is 0. The summed E-state index contributed by atoms with van der Waals surface area (Å²) in [6, 6.07) is 0. The maximum Gasteiger partial charge on any atom is 0.281 e. The minimum Gasteiger partial charge on any atom is -0.328 e. The van der Waals surface area contributed by atoms with Crippen LogP contribution in [0.25, 0.3) is 0 Å². The van der Waals surface area contributed by atoms with Crippen molar-refractivity contribution in [1.29, 1.82) is 0 Å². The van der Waals surface area contributed by atoms with Crippen LogP contribution in [0, 0.1) is 5.25 Å². The Balaban J connectivity index is 4.32. The van der Waals surface area contributed by atoms with E-state index in [1.807, 2.05) is 0 Å². The number of carbonyl (C=O) groups is 1. The van der Waals surface area contributed by atoms with Gasteiger partial charge in [0.15, 0.2) is 5.25 Å². The van der Waals surface area contributed by atoms with Gasteiger partial charge in [0.1, 0.15) is 6.29 Å². The smallest absolute Gasteiger partial charge is 0.281 e. The van der Waals surface area contributed by atoms with Crippen molar-refractivity contribution in [3.63, 3.8) is 0 Å². The van der Waals surface area contributed by atoms with E-state index >= 15 is 0 Å². The molecule has 0 fully saturated rings. The molecule has 3 N–H and O–H groups in total. The van der Waals surface area contributed by atoms with Gasteiger partial charge in [0, 0.05) is 6.54 Å². The highest BCUT2D eigenvalue weighted by molar-refractivity contribution is 7.89. The Morgan fingerprint density at radius 3 is 2.11 bits per heavy atom. The molecule has 0 heterocycles. The summed E-state index contributed by atoms with van der Waals surface area (Å²) in [5.41, 5.74) is 4.76. The fraction of sp³-hybridized carbons (Fsp3) is 0.333. The molecule has 0 amide bonds. The third kappa shape index (κ3) is 2.54. The Morgan fingerprint density at radius 1 is 1.67 bits per heavy atom. The lowest BCUT2D eigenvalue weighted by atomic mass is 10.5. The van der Waals surface area contributed by atoms with E-state index in [-0.39, 0.29) is 6.29 Å². The van der Waals surface area contributed by atoms with E-state index in [9.17, 15) is 13.2 Å². The highest BCUT2D eigenvalue weighted by atomic mass is 32.2. The van der Waals surface area contributed by atoms with Crippen LogP contribution < -0.4 is 5.73 Å². The lowest BCUT2D eigenvalue weighted by Gasteiger charge is -1.98. The molecule has 0 atom stereocenters. The second kappa shape index (κ2) is 2.90. The van der Waals surface area contributed by atoms with Crippen molar-refractivity contribution >= 4 is 16.4 Å². The second-order valence-electron chi connectivity index (χ2n) is 1.26. The summed E-state index contributed by atoms with van der Waals surface area (Å²) in [7, 11) is -4.34. The lowest BCUT2D eigenvalue weighted by Crippen LogP contribution is -2.22. The molecule has 9 heavy (non-hydrogen) atoms. The Kier molecular flexibility index (Phi) is 2.75. The first kappa shape index (κ1) is 8.54. The highest BCUT2D eigenvalue weighted by Crippen LogP contribution is 2.00. The molecule has 0 saturated heterocycles. The summed E-state index contributed by atoms with van der Waals surface area (Å²) in [6.07, 6.45) is 0.00926. The van der Waals surface area contributed by atoms with Crippen molar-refractivity contribution in [2.24, 2.45) is 5.73 Å². The maximum absolute atomic E-state index is 10.0. The fourth-order valence-corrected chi connectivity index (χ4v) is 0.546. The van der Waals surface area contributed by atoms with Crippen LogP contribution >= 0.6 is 0 Å². The number of hydrogen-bond donors (Lipinski definition) is 2. The van der Waals surface area contributed by atoms with Gasteiger partial charge in [0.05, 0.1) is 0 Å². The Labute approximate surface area is 52.6 Å². The molecular weight excluding hydrogens is 146 g/mol. The largest absolute Gasteiger partial charge is 0.328 e. The normalized spacial score (nSPS) is 11.9. The highest BCUT2D eigenvalue weighted by Gasteiger charge is 2.20. The number of carbonyl (C=O) groups excluding carboxylic acids is 1. The number of rotatable bonds is 3. The SMILES string of the molecule is NC[C](C=O)S(=O)(=O)O. The first-order chi connectivity index (χ1) is 4.02. The van der Waals surface area contributed by atoms with E-state index in [2.05, 4.69) is 0 Å². The van der Waals surface area contributed by atoms with Crippen LogP contribution in [0.1, 0.15) is 0 Å². The van der Waals surface area contributed by atoms with Crippen LogP contribution in [-0.4, -0.2) is 25.8 Å². The van der Waals surface area contributed by atoms with Gasteiger partial charge < -0.3 is 10.5 Å². The third-order valence-corrected chi connectivity index (χ3v) is 1.59. The van der Waals surface area contributed by atoms with E-state index < -0.39 is 21.9 Å². The molecule has 6 heteroatoms. The van der Waals surface area contributed by atoms with Gasteiger partial charge in [-0.1, -0.05) is 0 Å². The van der Waals surface area contributed by atoms with Gasteiger partial charge in [-0.2, -0.15) is 8.42 Å². The van der Waals surface area contributed by atoms with E-state index in [1.165, 1.54) is 0 Å². The molecule has 0 aromatic heterocycles. The van der Waals surface area contributed by atoms with Gasteiger partial charge in [-0.05, 0) is 0 Å². The molecule has 5 nitrogen and oxygen atoms in total. The zero-order valence-electron chi connectivity index (χ0n) is 4.44. The molecular formula is C3H6NO4S. The zero-order chi connectivity index (χ0) is 7.49. The Morgan fingerprint density at radius 2 is 2.11 bits per heavy atom. The molecule has 53 valence electrons. The van der Waals surface area contributed by atoms with Crippen LogP contribution in [0.2, 0.25) is 0 Å². The van der Waals surface area contributed by atoms with Crippen molar-refractivity contribution in [1.82, 2.24) is 0 Å². The van der Waals surface area contributed by atoms with Crippen molar-refractivity contribution in [2.75, 3.05) is 6.54 Å². The van der Waals surface area contributed by atoms with Crippen molar-refractivity contribution < 1.29 is 17.8 Å². The van der Waals surface area contributed by atoms with Gasteiger partial charge in [0.2, 0.25) is 0 Å². The average molecular weight is 152 g/mol. The minimum atomic E-state index is -4.34. The van der Waals surface area contributed by atoms with E-state index in [0.717, 1.165) is 0 Å². The maximum atomic E-state index is 10.0. The van der Waals surface area contributed by atoms with Crippen LogP contribution in [0.5, 0.6) is 0 Å². The molecule has 0 aliphatic rings. The molecule has 0 spiro atoms. The van der Waals surface area contributed by atoms with Crippen molar-refractivity contribution in [2.45, 2.75) is 0 Å².